The molecule has 0 saturated carbocycles. The molecule has 0 radical (unpaired) electrons. The lowest BCUT2D eigenvalue weighted by Gasteiger charge is -2.21. The zero-order chi connectivity index (χ0) is 14.4. The lowest BCUT2D eigenvalue weighted by Crippen LogP contribution is -2.26. The molecule has 0 unspecified atom stereocenters. The predicted octanol–water partition coefficient (Wildman–Crippen LogP) is 2.09. The first-order chi connectivity index (χ1) is 9.01. The minimum atomic E-state index is -1.22. The summed E-state index contributed by atoms with van der Waals surface area (Å²) >= 11 is 0. The average molecular weight is 265 g/mol. The van der Waals surface area contributed by atoms with Crippen LogP contribution in [0.3, 0.4) is 0 Å². The van der Waals surface area contributed by atoms with Gasteiger partial charge in [-0.15, -0.1) is 6.58 Å². The van der Waals surface area contributed by atoms with E-state index in [2.05, 4.69) is 11.6 Å². The van der Waals surface area contributed by atoms with Gasteiger partial charge in [-0.25, -0.2) is 9.78 Å². The van der Waals surface area contributed by atoms with Crippen LogP contribution in [0.1, 0.15) is 23.8 Å². The van der Waals surface area contributed by atoms with Crippen molar-refractivity contribution in [3.05, 3.63) is 40.6 Å². The molecule has 19 heavy (non-hydrogen) atoms. The van der Waals surface area contributed by atoms with E-state index in [4.69, 9.17) is 5.11 Å². The largest absolute Gasteiger partial charge is 0.477 e. The molecule has 0 aromatic carbocycles. The van der Waals surface area contributed by atoms with Crippen molar-refractivity contribution in [3.63, 3.8) is 0 Å². The SMILES string of the molecule is C=CCN(CCC)c1nc(C(=O)O)ccc1[N+](=O)[O-]. The first-order valence-corrected chi connectivity index (χ1v) is 5.75. The maximum Gasteiger partial charge on any atom is 0.354 e. The van der Waals surface area contributed by atoms with Crippen molar-refractivity contribution in [1.82, 2.24) is 4.98 Å². The van der Waals surface area contributed by atoms with Crippen LogP contribution in [0.25, 0.3) is 0 Å². The zero-order valence-electron chi connectivity index (χ0n) is 10.6. The van der Waals surface area contributed by atoms with Crippen molar-refractivity contribution < 1.29 is 14.8 Å². The van der Waals surface area contributed by atoms with E-state index in [1.807, 2.05) is 6.92 Å². The smallest absolute Gasteiger partial charge is 0.354 e. The molecule has 1 aromatic heterocycles. The van der Waals surface area contributed by atoms with Crippen molar-refractivity contribution in [2.45, 2.75) is 13.3 Å². The van der Waals surface area contributed by atoms with E-state index in [1.165, 1.54) is 0 Å². The van der Waals surface area contributed by atoms with E-state index in [1.54, 1.807) is 11.0 Å². The number of hydrogen-bond donors (Lipinski definition) is 1. The van der Waals surface area contributed by atoms with Gasteiger partial charge < -0.3 is 10.0 Å². The van der Waals surface area contributed by atoms with Crippen LogP contribution in [-0.2, 0) is 0 Å². The summed E-state index contributed by atoms with van der Waals surface area (Å²) in [6.45, 7) is 6.40. The Morgan fingerprint density at radius 2 is 2.32 bits per heavy atom. The fourth-order valence-electron chi connectivity index (χ4n) is 1.64. The van der Waals surface area contributed by atoms with Crippen molar-refractivity contribution in [2.24, 2.45) is 0 Å². The third-order valence-electron chi connectivity index (χ3n) is 2.41. The van der Waals surface area contributed by atoms with Crippen molar-refractivity contribution in [3.8, 4) is 0 Å². The molecule has 1 aromatic rings. The highest BCUT2D eigenvalue weighted by Crippen LogP contribution is 2.26. The predicted molar refractivity (Wildman–Crippen MR) is 70.6 cm³/mol. The summed E-state index contributed by atoms with van der Waals surface area (Å²) in [6.07, 6.45) is 2.35. The van der Waals surface area contributed by atoms with Crippen LogP contribution >= 0.6 is 0 Å². The molecule has 0 atom stereocenters. The summed E-state index contributed by atoms with van der Waals surface area (Å²) in [7, 11) is 0. The van der Waals surface area contributed by atoms with Crippen molar-refractivity contribution in [2.75, 3.05) is 18.0 Å². The topological polar surface area (TPSA) is 96.6 Å². The van der Waals surface area contributed by atoms with Crippen LogP contribution in [0, 0.1) is 10.1 Å². The van der Waals surface area contributed by atoms with Gasteiger partial charge in [-0.05, 0) is 12.5 Å². The first kappa shape index (κ1) is 14.6. The summed E-state index contributed by atoms with van der Waals surface area (Å²) in [5.41, 5.74) is -0.425. The minimum Gasteiger partial charge on any atom is -0.477 e. The molecular formula is C12H15N3O4. The van der Waals surface area contributed by atoms with Gasteiger partial charge in [0.05, 0.1) is 4.92 Å². The van der Waals surface area contributed by atoms with Crippen molar-refractivity contribution >= 4 is 17.5 Å². The van der Waals surface area contributed by atoms with Crippen LogP contribution in [0.5, 0.6) is 0 Å². The van der Waals surface area contributed by atoms with Gasteiger partial charge >= 0.3 is 11.7 Å². The summed E-state index contributed by atoms with van der Waals surface area (Å²) < 4.78 is 0. The molecule has 0 bridgehead atoms. The number of carboxylic acid groups (broad SMARTS) is 1. The van der Waals surface area contributed by atoms with E-state index in [0.717, 1.165) is 18.6 Å². The number of hydrogen-bond acceptors (Lipinski definition) is 5. The Hall–Kier alpha value is -2.44. The van der Waals surface area contributed by atoms with Crippen LogP contribution < -0.4 is 4.90 Å². The number of nitro groups is 1. The third-order valence-corrected chi connectivity index (χ3v) is 2.41. The maximum absolute atomic E-state index is 11.0. The Labute approximate surface area is 110 Å². The summed E-state index contributed by atoms with van der Waals surface area (Å²) in [6, 6.07) is 2.29. The van der Waals surface area contributed by atoms with Gasteiger partial charge in [-0.3, -0.25) is 10.1 Å². The first-order valence-electron chi connectivity index (χ1n) is 5.75. The highest BCUT2D eigenvalue weighted by molar-refractivity contribution is 5.86. The molecule has 0 aliphatic carbocycles. The molecule has 1 rings (SSSR count). The number of anilines is 1. The normalized spacial score (nSPS) is 9.95. The molecule has 102 valence electrons. The molecule has 1 N–H and O–H groups in total. The second-order valence-corrected chi connectivity index (χ2v) is 3.84. The number of rotatable bonds is 7. The summed E-state index contributed by atoms with van der Waals surface area (Å²) in [5, 5.41) is 19.9. The van der Waals surface area contributed by atoms with Crippen LogP contribution in [0.15, 0.2) is 24.8 Å². The van der Waals surface area contributed by atoms with Gasteiger partial charge in [0.1, 0.15) is 0 Å². The van der Waals surface area contributed by atoms with Crippen molar-refractivity contribution in [1.29, 1.82) is 0 Å². The summed E-state index contributed by atoms with van der Waals surface area (Å²) in [4.78, 5) is 26.8. The monoisotopic (exact) mass is 265 g/mol. The Kier molecular flexibility index (Phi) is 4.99. The molecule has 0 fully saturated rings. The van der Waals surface area contributed by atoms with Crippen LogP contribution in [0.2, 0.25) is 0 Å². The highest BCUT2D eigenvalue weighted by Gasteiger charge is 2.22. The Bertz CT molecular complexity index is 502. The number of aromatic nitrogens is 1. The minimum absolute atomic E-state index is 0.0617. The van der Waals surface area contributed by atoms with Gasteiger partial charge in [-0.1, -0.05) is 13.0 Å². The molecular weight excluding hydrogens is 250 g/mol. The quantitative estimate of drug-likeness (QED) is 0.460. The van der Waals surface area contributed by atoms with Gasteiger partial charge in [0.25, 0.3) is 0 Å². The van der Waals surface area contributed by atoms with Gasteiger partial charge in [-0.2, -0.15) is 0 Å². The van der Waals surface area contributed by atoms with Gasteiger partial charge in [0, 0.05) is 19.2 Å². The molecule has 1 heterocycles. The molecule has 0 aliphatic rings. The van der Waals surface area contributed by atoms with E-state index in [9.17, 15) is 14.9 Å². The average Bonchev–Trinajstić information content (AvgIpc) is 2.37. The molecule has 7 heteroatoms. The number of aromatic carboxylic acids is 1. The molecule has 7 nitrogen and oxygen atoms in total. The second-order valence-electron chi connectivity index (χ2n) is 3.84. The van der Waals surface area contributed by atoms with E-state index in [0.29, 0.717) is 13.1 Å². The number of pyridine rings is 1. The van der Waals surface area contributed by atoms with Gasteiger partial charge in [0.2, 0.25) is 5.82 Å². The van der Waals surface area contributed by atoms with Gasteiger partial charge in [0.15, 0.2) is 5.69 Å². The zero-order valence-corrected chi connectivity index (χ0v) is 10.6. The highest BCUT2D eigenvalue weighted by atomic mass is 16.6. The number of carboxylic acids is 1. The fourth-order valence-corrected chi connectivity index (χ4v) is 1.64. The third kappa shape index (κ3) is 3.51. The molecule has 0 amide bonds. The van der Waals surface area contributed by atoms with E-state index in [-0.39, 0.29) is 17.2 Å². The Balaban J connectivity index is 3.32. The van der Waals surface area contributed by atoms with Crippen LogP contribution in [0.4, 0.5) is 11.5 Å². The lowest BCUT2D eigenvalue weighted by atomic mass is 10.3. The fraction of sp³-hybridized carbons (Fsp3) is 0.333. The Morgan fingerprint density at radius 1 is 1.63 bits per heavy atom. The lowest BCUT2D eigenvalue weighted by molar-refractivity contribution is -0.384. The summed E-state index contributed by atoms with van der Waals surface area (Å²) in [5.74, 6) is -1.15. The Morgan fingerprint density at radius 3 is 2.79 bits per heavy atom. The molecule has 0 saturated heterocycles. The van der Waals surface area contributed by atoms with E-state index < -0.39 is 10.9 Å². The molecule has 0 spiro atoms. The standard InChI is InChI=1S/C12H15N3O4/c1-3-7-14(8-4-2)11-10(15(18)19)6-5-9(13-11)12(16)17/h3,5-6H,1,4,7-8H2,2H3,(H,16,17). The number of nitrogens with zero attached hydrogens (tertiary/aromatic N) is 3. The van der Waals surface area contributed by atoms with Crippen LogP contribution in [-0.4, -0.2) is 34.1 Å². The second kappa shape index (κ2) is 6.48. The number of carbonyl (C=O) groups is 1. The van der Waals surface area contributed by atoms with E-state index >= 15 is 0 Å². The molecule has 0 aliphatic heterocycles. The maximum atomic E-state index is 11.0.